The number of hydrogen-bond acceptors (Lipinski definition) is 13. The monoisotopic (exact) mass is 1060 g/mol. The second-order valence-corrected chi connectivity index (χ2v) is 23.6. The highest BCUT2D eigenvalue weighted by Crippen LogP contribution is 2.54. The van der Waals surface area contributed by atoms with Gasteiger partial charge in [-0.1, -0.05) is 50.2 Å². The van der Waals surface area contributed by atoms with Crippen molar-refractivity contribution in [2.75, 3.05) is 56.6 Å². The number of carbonyl (C=O) groups excluding carboxylic acids is 1. The van der Waals surface area contributed by atoms with Gasteiger partial charge in [-0.15, -0.1) is 0 Å². The van der Waals surface area contributed by atoms with E-state index in [2.05, 4.69) is 75.3 Å². The quantitative estimate of drug-likeness (QED) is 0.0529. The highest BCUT2D eigenvalue weighted by molar-refractivity contribution is 7.90. The molecule has 0 unspecified atom stereocenters. The van der Waals surface area contributed by atoms with Gasteiger partial charge in [-0.05, 0) is 129 Å². The number of sulfonamides is 1. The largest absolute Gasteiger partial charge is 0.497 e. The molecule has 2 aliphatic heterocycles. The minimum atomic E-state index is -4.78. The Kier molecular flexibility index (Phi) is 14.9. The van der Waals surface area contributed by atoms with Crippen molar-refractivity contribution in [2.45, 2.75) is 107 Å². The smallest absolute Gasteiger partial charge is 0.293 e. The molecule has 1 spiro atoms. The number of piperidine rings is 1. The average molecular weight is 1060 g/mol. The molecule has 2 saturated heterocycles. The zero-order valence-electron chi connectivity index (χ0n) is 43.4. The fourth-order valence-electron chi connectivity index (χ4n) is 12.0. The van der Waals surface area contributed by atoms with Crippen LogP contribution < -0.4 is 24.4 Å². The van der Waals surface area contributed by atoms with E-state index in [4.69, 9.17) is 9.47 Å². The van der Waals surface area contributed by atoms with Gasteiger partial charge in [0.05, 0.1) is 45.4 Å². The molecule has 2 aromatic heterocycles. The third-order valence-electron chi connectivity index (χ3n) is 16.5. The van der Waals surface area contributed by atoms with Crippen LogP contribution in [0.2, 0.25) is 0 Å². The number of amides is 1. The molecule has 0 bridgehead atoms. The van der Waals surface area contributed by atoms with Crippen LogP contribution in [0, 0.1) is 33.1 Å². The number of H-pyrrole nitrogens is 1. The molecule has 4 heterocycles. The molecule has 16 nitrogen and oxygen atoms in total. The van der Waals surface area contributed by atoms with Crippen molar-refractivity contribution in [3.63, 3.8) is 0 Å². The molecule has 6 aromatic rings. The van der Waals surface area contributed by atoms with E-state index < -0.39 is 54.2 Å². The fraction of sp³-hybridized carbons (Fsp3) is 0.439. The first-order valence-electron chi connectivity index (χ1n) is 26.3. The molecule has 402 valence electrons. The Morgan fingerprint density at radius 1 is 0.947 bits per heavy atom. The number of halogens is 2. The molecule has 1 atom stereocenters. The van der Waals surface area contributed by atoms with Gasteiger partial charge in [-0.3, -0.25) is 24.7 Å². The summed E-state index contributed by atoms with van der Waals surface area (Å²) in [5.74, 6) is -1.48. The number of ether oxygens (including phenoxy) is 2. The summed E-state index contributed by atoms with van der Waals surface area (Å²) in [4.78, 5) is 39.2. The molecule has 4 aliphatic rings. The van der Waals surface area contributed by atoms with E-state index in [0.29, 0.717) is 44.4 Å². The Balaban J connectivity index is 0.852. The summed E-state index contributed by atoms with van der Waals surface area (Å²) < 4.78 is 72.6. The van der Waals surface area contributed by atoms with E-state index in [0.717, 1.165) is 94.8 Å². The van der Waals surface area contributed by atoms with Gasteiger partial charge in [0.2, 0.25) is 0 Å². The van der Waals surface area contributed by atoms with Crippen LogP contribution in [0.1, 0.15) is 111 Å². The molecule has 76 heavy (non-hydrogen) atoms. The molecule has 1 amide bonds. The van der Waals surface area contributed by atoms with Crippen LogP contribution in [0.5, 0.6) is 17.2 Å². The van der Waals surface area contributed by atoms with Crippen LogP contribution in [0.3, 0.4) is 0 Å². The lowest BCUT2D eigenvalue weighted by Gasteiger charge is -2.58. The summed E-state index contributed by atoms with van der Waals surface area (Å²) in [6.45, 7) is 11.3. The number of nitro benzene ring substituents is 1. The van der Waals surface area contributed by atoms with Crippen molar-refractivity contribution in [3.05, 3.63) is 141 Å². The van der Waals surface area contributed by atoms with Crippen molar-refractivity contribution in [3.8, 4) is 17.2 Å². The first-order chi connectivity index (χ1) is 36.4. The molecule has 4 fully saturated rings. The second kappa shape index (κ2) is 21.4. The van der Waals surface area contributed by atoms with Crippen molar-refractivity contribution >= 4 is 44.0 Å². The molecule has 4 N–H and O–H groups in total. The minimum absolute atomic E-state index is 0.00628. The maximum Gasteiger partial charge on any atom is 0.293 e. The number of nitrogens with one attached hydrogen (secondary N) is 3. The number of nitrogens with zero attached hydrogens (tertiary/aromatic N) is 5. The average Bonchev–Trinajstić information content (AvgIpc) is 3.81. The van der Waals surface area contributed by atoms with E-state index in [1.165, 1.54) is 41.1 Å². The Morgan fingerprint density at radius 3 is 2.39 bits per heavy atom. The SMILES string of the molecule is COc1ccc(CN2CCN(C3CC4(CCN(c5cc(Oc6cnc7[nH]cc(F)c7c6)c(C(=O)NS(=O)(=O)c6ccc(NC[C@H]7CC[C@](C)(O)CC7)c([N+](=O)[O-])c6)cc5F)CC4)C3)[C@H](c3ccccc3C(C)C)C2)cc1. The van der Waals surface area contributed by atoms with E-state index in [9.17, 15) is 32.8 Å². The van der Waals surface area contributed by atoms with Crippen LogP contribution in [0.15, 0.2) is 102 Å². The lowest BCUT2D eigenvalue weighted by atomic mass is 9.59. The summed E-state index contributed by atoms with van der Waals surface area (Å²) in [5, 5.41) is 25.7. The molecule has 0 radical (unpaired) electrons. The van der Waals surface area contributed by atoms with Crippen LogP contribution in [0.25, 0.3) is 11.0 Å². The van der Waals surface area contributed by atoms with Gasteiger partial charge in [0.15, 0.2) is 0 Å². The van der Waals surface area contributed by atoms with Crippen molar-refractivity contribution in [1.29, 1.82) is 0 Å². The number of methoxy groups -OCH3 is 1. The normalized spacial score (nSPS) is 21.4. The topological polar surface area (TPSA) is 195 Å². The third-order valence-corrected chi connectivity index (χ3v) is 17.8. The number of hydrogen-bond donors (Lipinski definition) is 4. The zero-order chi connectivity index (χ0) is 53.5. The minimum Gasteiger partial charge on any atom is -0.497 e. The molecule has 2 saturated carbocycles. The number of carbonyl (C=O) groups is 1. The van der Waals surface area contributed by atoms with Gasteiger partial charge in [-0.25, -0.2) is 26.9 Å². The van der Waals surface area contributed by atoms with Crippen molar-refractivity contribution in [1.82, 2.24) is 24.5 Å². The predicted octanol–water partition coefficient (Wildman–Crippen LogP) is 10.5. The number of piperazine rings is 1. The summed E-state index contributed by atoms with van der Waals surface area (Å²) in [7, 11) is -3.10. The Morgan fingerprint density at radius 2 is 1.68 bits per heavy atom. The van der Waals surface area contributed by atoms with Crippen molar-refractivity contribution in [2.24, 2.45) is 11.3 Å². The number of aromatic nitrogens is 2. The lowest BCUT2D eigenvalue weighted by molar-refractivity contribution is -0.384. The van der Waals surface area contributed by atoms with Gasteiger partial charge in [0.25, 0.3) is 21.6 Å². The fourth-order valence-corrected chi connectivity index (χ4v) is 13.0. The molecule has 4 aromatic carbocycles. The number of rotatable bonds is 16. The van der Waals surface area contributed by atoms with Crippen molar-refractivity contribution < 1.29 is 41.5 Å². The second-order valence-electron chi connectivity index (χ2n) is 22.0. The summed E-state index contributed by atoms with van der Waals surface area (Å²) >= 11 is 0. The first-order valence-corrected chi connectivity index (χ1v) is 27.8. The third kappa shape index (κ3) is 11.2. The number of fused-ring (bicyclic) bond motifs is 1. The van der Waals surface area contributed by atoms with E-state index in [1.807, 2.05) is 21.8 Å². The molecule has 19 heteroatoms. The predicted molar refractivity (Wildman–Crippen MR) is 286 cm³/mol. The van der Waals surface area contributed by atoms with E-state index in [-0.39, 0.29) is 51.3 Å². The Hall–Kier alpha value is -6.67. The number of benzene rings is 4. The van der Waals surface area contributed by atoms with Crippen LogP contribution in [-0.4, -0.2) is 102 Å². The summed E-state index contributed by atoms with van der Waals surface area (Å²) in [6, 6.07) is 24.7. The number of nitro groups is 1. The van der Waals surface area contributed by atoms with Gasteiger partial charge in [-0.2, -0.15) is 0 Å². The first kappa shape index (κ1) is 52.8. The van der Waals surface area contributed by atoms with Gasteiger partial charge in [0, 0.05) is 76.2 Å². The summed E-state index contributed by atoms with van der Waals surface area (Å²) in [6.07, 6.45) is 8.71. The highest BCUT2D eigenvalue weighted by Gasteiger charge is 2.50. The number of pyridine rings is 1. The van der Waals surface area contributed by atoms with Crippen LogP contribution in [-0.2, 0) is 16.6 Å². The number of anilines is 2. The Bertz CT molecular complexity index is 3220. The number of aliphatic hydroxyl groups is 1. The molecule has 2 aliphatic carbocycles. The van der Waals surface area contributed by atoms with Gasteiger partial charge in [0.1, 0.15) is 40.2 Å². The van der Waals surface area contributed by atoms with E-state index in [1.54, 1.807) is 14.0 Å². The van der Waals surface area contributed by atoms with E-state index >= 15 is 4.39 Å². The molecule has 10 rings (SSSR count). The maximum atomic E-state index is 16.6. The van der Waals surface area contributed by atoms with Gasteiger partial charge >= 0.3 is 0 Å². The molecular formula is C57H66F2N8O8S. The Labute approximate surface area is 442 Å². The van der Waals surface area contributed by atoms with Gasteiger partial charge < -0.3 is 29.8 Å². The summed E-state index contributed by atoms with van der Waals surface area (Å²) in [5.41, 5.74) is 2.79. The highest BCUT2D eigenvalue weighted by atomic mass is 32.2. The van der Waals surface area contributed by atoms with Crippen LogP contribution in [0.4, 0.5) is 25.8 Å². The number of aromatic amines is 1. The zero-order valence-corrected chi connectivity index (χ0v) is 44.2. The maximum absolute atomic E-state index is 16.6. The lowest BCUT2D eigenvalue weighted by Crippen LogP contribution is -2.60. The standard InChI is InChI=1S/C57H66F2N8O8S/c1-36(2)43-7-5-6-8-44(43)52-35-64(34-38-9-11-40(74-4)12-10-38)23-24-66(52)39-29-57(30-39)19-21-65(22-20-57)50-28-53(75-41-25-45-48(59)33-62-54(45)61-32-41)46(27-47(50)58)55(68)63-76(72,73)42-13-14-49(51(26-42)67(70)71)60-31-37-15-17-56(3,69)18-16-37/h5-14,25-28,32-33,36-37,39,52,60,69H,15-24,29-31,34-35H2,1-4H3,(H,61,62)(H,63,68)/t37-,52-,56-/m0/s1. The molecular weight excluding hydrogens is 995 g/mol. The van der Waals surface area contributed by atoms with Crippen LogP contribution >= 0.6 is 0 Å².